The van der Waals surface area contributed by atoms with Crippen molar-refractivity contribution in [3.8, 4) is 16.9 Å². The molecule has 0 radical (unpaired) electrons. The van der Waals surface area contributed by atoms with Crippen LogP contribution in [0.25, 0.3) is 16.9 Å². The third kappa shape index (κ3) is 3.29. The second kappa shape index (κ2) is 6.04. The predicted octanol–water partition coefficient (Wildman–Crippen LogP) is 3.18. The highest BCUT2D eigenvalue weighted by atomic mass is 16.4. The molecule has 0 amide bonds. The number of carboxylic acids is 1. The zero-order valence-corrected chi connectivity index (χ0v) is 13.0. The van der Waals surface area contributed by atoms with Crippen molar-refractivity contribution in [1.29, 1.82) is 0 Å². The van der Waals surface area contributed by atoms with Crippen LogP contribution in [0.4, 0.5) is 0 Å². The molecule has 2 aromatic carbocycles. The van der Waals surface area contributed by atoms with E-state index in [4.69, 9.17) is 5.11 Å². The fourth-order valence-electron chi connectivity index (χ4n) is 2.47. The van der Waals surface area contributed by atoms with Crippen LogP contribution in [0, 0.1) is 13.8 Å². The van der Waals surface area contributed by atoms with Crippen LogP contribution < -0.4 is 0 Å². The number of rotatable bonds is 4. The van der Waals surface area contributed by atoms with E-state index in [0.717, 1.165) is 28.1 Å². The molecule has 5 heteroatoms. The lowest BCUT2D eigenvalue weighted by atomic mass is 10.0. The number of benzene rings is 2. The number of carbonyl (C=O) groups is 1. The molecule has 0 saturated heterocycles. The number of hydrogen-bond acceptors (Lipinski definition) is 3. The molecule has 0 aliphatic carbocycles. The molecule has 0 unspecified atom stereocenters. The van der Waals surface area contributed by atoms with Gasteiger partial charge in [0.05, 0.1) is 18.3 Å². The Balaban J connectivity index is 1.89. The second-order valence-electron chi connectivity index (χ2n) is 5.60. The molecule has 0 atom stereocenters. The Morgan fingerprint density at radius 2 is 1.87 bits per heavy atom. The first-order valence-electron chi connectivity index (χ1n) is 7.34. The molecular weight excluding hydrogens is 290 g/mol. The first-order valence-corrected chi connectivity index (χ1v) is 7.34. The van der Waals surface area contributed by atoms with Crippen molar-refractivity contribution in [2.24, 2.45) is 0 Å². The lowest BCUT2D eigenvalue weighted by molar-refractivity contribution is -0.136. The van der Waals surface area contributed by atoms with Gasteiger partial charge in [0.25, 0.3) is 0 Å². The van der Waals surface area contributed by atoms with Crippen LogP contribution in [-0.2, 0) is 11.2 Å². The van der Waals surface area contributed by atoms with Gasteiger partial charge in [0, 0.05) is 5.56 Å². The van der Waals surface area contributed by atoms with Crippen LogP contribution in [0.15, 0.2) is 48.7 Å². The van der Waals surface area contributed by atoms with E-state index in [1.54, 1.807) is 16.8 Å². The summed E-state index contributed by atoms with van der Waals surface area (Å²) in [4.78, 5) is 10.7. The van der Waals surface area contributed by atoms with Crippen LogP contribution in [0.2, 0.25) is 0 Å². The summed E-state index contributed by atoms with van der Waals surface area (Å²) in [6.07, 6.45) is 1.90. The average molecular weight is 307 g/mol. The molecule has 0 aliphatic rings. The van der Waals surface area contributed by atoms with Gasteiger partial charge in [-0.25, -0.2) is 4.68 Å². The van der Waals surface area contributed by atoms with Gasteiger partial charge in [0.1, 0.15) is 5.69 Å². The van der Waals surface area contributed by atoms with Gasteiger partial charge < -0.3 is 5.11 Å². The van der Waals surface area contributed by atoms with Crippen molar-refractivity contribution < 1.29 is 9.90 Å². The maximum Gasteiger partial charge on any atom is 0.307 e. The topological polar surface area (TPSA) is 68.0 Å². The first kappa shape index (κ1) is 15.0. The van der Waals surface area contributed by atoms with E-state index in [2.05, 4.69) is 42.4 Å². The lowest BCUT2D eigenvalue weighted by Crippen LogP contribution is -2.00. The fraction of sp³-hybridized carbons (Fsp3) is 0.167. The van der Waals surface area contributed by atoms with Crippen LogP contribution in [0.3, 0.4) is 0 Å². The van der Waals surface area contributed by atoms with Gasteiger partial charge in [-0.1, -0.05) is 35.0 Å². The summed E-state index contributed by atoms with van der Waals surface area (Å²) in [7, 11) is 0. The largest absolute Gasteiger partial charge is 0.481 e. The minimum absolute atomic E-state index is 0.0192. The Morgan fingerprint density at radius 3 is 2.57 bits per heavy atom. The summed E-state index contributed by atoms with van der Waals surface area (Å²) in [5.74, 6) is -0.837. The van der Waals surface area contributed by atoms with E-state index in [-0.39, 0.29) is 6.42 Å². The third-order valence-corrected chi connectivity index (χ3v) is 3.72. The quantitative estimate of drug-likeness (QED) is 0.804. The lowest BCUT2D eigenvalue weighted by Gasteiger charge is -2.03. The van der Waals surface area contributed by atoms with Crippen LogP contribution in [0.1, 0.15) is 16.7 Å². The van der Waals surface area contributed by atoms with E-state index in [1.165, 1.54) is 5.56 Å². The normalized spacial score (nSPS) is 10.7. The summed E-state index contributed by atoms with van der Waals surface area (Å²) in [5.41, 5.74) is 5.83. The standard InChI is InChI=1S/C18H17N3O2/c1-12-3-4-13(2)16(9-12)17-11-21(20-19-17)15-7-5-14(6-8-15)10-18(22)23/h3-9,11H,10H2,1-2H3,(H,22,23). The Kier molecular flexibility index (Phi) is 3.93. The number of carboxylic acid groups (broad SMARTS) is 1. The summed E-state index contributed by atoms with van der Waals surface area (Å²) < 4.78 is 1.70. The molecule has 0 aliphatic heterocycles. The molecule has 116 valence electrons. The van der Waals surface area contributed by atoms with Crippen LogP contribution in [0.5, 0.6) is 0 Å². The molecule has 1 heterocycles. The highest BCUT2D eigenvalue weighted by molar-refractivity contribution is 5.70. The first-order chi connectivity index (χ1) is 11.0. The molecule has 1 aromatic heterocycles. The molecule has 3 aromatic rings. The van der Waals surface area contributed by atoms with E-state index in [9.17, 15) is 4.79 Å². The average Bonchev–Trinajstić information content (AvgIpc) is 2.99. The van der Waals surface area contributed by atoms with Crippen LogP contribution in [-0.4, -0.2) is 26.1 Å². The summed E-state index contributed by atoms with van der Waals surface area (Å²) in [6, 6.07) is 13.5. The summed E-state index contributed by atoms with van der Waals surface area (Å²) >= 11 is 0. The SMILES string of the molecule is Cc1ccc(C)c(-c2cn(-c3ccc(CC(=O)O)cc3)nn2)c1. The zero-order valence-electron chi connectivity index (χ0n) is 13.0. The van der Waals surface area contributed by atoms with Crippen molar-refractivity contribution in [2.75, 3.05) is 0 Å². The Bertz CT molecular complexity index is 851. The van der Waals surface area contributed by atoms with Crippen molar-refractivity contribution in [3.05, 3.63) is 65.4 Å². The zero-order chi connectivity index (χ0) is 16.4. The second-order valence-corrected chi connectivity index (χ2v) is 5.60. The molecule has 3 rings (SSSR count). The van der Waals surface area contributed by atoms with Gasteiger partial charge in [-0.05, 0) is 43.2 Å². The van der Waals surface area contributed by atoms with Gasteiger partial charge in [-0.2, -0.15) is 0 Å². The fourth-order valence-corrected chi connectivity index (χ4v) is 2.47. The monoisotopic (exact) mass is 307 g/mol. The highest BCUT2D eigenvalue weighted by Gasteiger charge is 2.09. The molecule has 1 N–H and O–H groups in total. The molecule has 0 saturated carbocycles. The number of aromatic nitrogens is 3. The molecule has 0 bridgehead atoms. The maximum atomic E-state index is 10.7. The summed E-state index contributed by atoms with van der Waals surface area (Å²) in [6.45, 7) is 4.10. The van der Waals surface area contributed by atoms with E-state index in [1.807, 2.05) is 18.3 Å². The predicted molar refractivity (Wildman–Crippen MR) is 87.6 cm³/mol. The van der Waals surface area contributed by atoms with Gasteiger partial charge in [-0.3, -0.25) is 4.79 Å². The van der Waals surface area contributed by atoms with Crippen LogP contribution >= 0.6 is 0 Å². The molecular formula is C18H17N3O2. The molecule has 23 heavy (non-hydrogen) atoms. The van der Waals surface area contributed by atoms with Gasteiger partial charge in [0.15, 0.2) is 0 Å². The minimum atomic E-state index is -0.837. The molecule has 5 nitrogen and oxygen atoms in total. The number of aryl methyl sites for hydroxylation is 2. The third-order valence-electron chi connectivity index (χ3n) is 3.72. The number of nitrogens with zero attached hydrogens (tertiary/aromatic N) is 3. The smallest absolute Gasteiger partial charge is 0.307 e. The molecule has 0 spiro atoms. The van der Waals surface area contributed by atoms with Gasteiger partial charge >= 0.3 is 5.97 Å². The number of aliphatic carboxylic acids is 1. The van der Waals surface area contributed by atoms with Gasteiger partial charge in [0.2, 0.25) is 0 Å². The minimum Gasteiger partial charge on any atom is -0.481 e. The van der Waals surface area contributed by atoms with E-state index in [0.29, 0.717) is 0 Å². The summed E-state index contributed by atoms with van der Waals surface area (Å²) in [5, 5.41) is 17.2. The Morgan fingerprint density at radius 1 is 1.13 bits per heavy atom. The van der Waals surface area contributed by atoms with Crippen molar-refractivity contribution in [1.82, 2.24) is 15.0 Å². The maximum absolute atomic E-state index is 10.7. The Labute approximate surface area is 134 Å². The van der Waals surface area contributed by atoms with Crippen molar-refractivity contribution >= 4 is 5.97 Å². The van der Waals surface area contributed by atoms with Crippen molar-refractivity contribution in [3.63, 3.8) is 0 Å². The number of hydrogen-bond donors (Lipinski definition) is 1. The van der Waals surface area contributed by atoms with E-state index < -0.39 is 5.97 Å². The van der Waals surface area contributed by atoms with Gasteiger partial charge in [-0.15, -0.1) is 5.10 Å². The molecule has 0 fully saturated rings. The van der Waals surface area contributed by atoms with E-state index >= 15 is 0 Å². The van der Waals surface area contributed by atoms with Crippen molar-refractivity contribution in [2.45, 2.75) is 20.3 Å². The Hall–Kier alpha value is -2.95. The highest BCUT2D eigenvalue weighted by Crippen LogP contribution is 2.23.